The van der Waals surface area contributed by atoms with Gasteiger partial charge >= 0.3 is 0 Å². The molecule has 6 nitrogen and oxygen atoms in total. The Labute approximate surface area is 164 Å². The summed E-state index contributed by atoms with van der Waals surface area (Å²) in [5.74, 6) is 0.107. The fourth-order valence-electron chi connectivity index (χ4n) is 2.81. The van der Waals surface area contributed by atoms with E-state index in [0.29, 0.717) is 0 Å². The lowest BCUT2D eigenvalue weighted by molar-refractivity contribution is -0.118. The number of thioether (sulfide) groups is 1. The lowest BCUT2D eigenvalue weighted by atomic mass is 10.2. The van der Waals surface area contributed by atoms with Crippen molar-refractivity contribution in [2.45, 2.75) is 18.7 Å². The highest BCUT2D eigenvalue weighted by atomic mass is 32.2. The highest BCUT2D eigenvalue weighted by Gasteiger charge is 2.10. The SMILES string of the molecule is Cc1nc2scc(C)n2c1/C=N/NC(=O)CSc1cccc2cccnc12. The number of hydrogen-bond donors (Lipinski definition) is 1. The van der Waals surface area contributed by atoms with Gasteiger partial charge in [-0.25, -0.2) is 10.4 Å². The number of para-hydroxylation sites is 1. The van der Waals surface area contributed by atoms with Crippen LogP contribution in [0.4, 0.5) is 0 Å². The monoisotopic (exact) mass is 395 g/mol. The summed E-state index contributed by atoms with van der Waals surface area (Å²) in [6.07, 6.45) is 3.41. The number of hydrazone groups is 1. The number of imidazole rings is 1. The standard InChI is InChI=1S/C19H17N5OS2/c1-12-10-27-19-22-13(2)15(24(12)19)9-21-23-17(25)11-26-16-7-3-5-14-6-4-8-20-18(14)16/h3-10H,11H2,1-2H3,(H,23,25)/b21-9+. The maximum atomic E-state index is 12.2. The number of aryl methyl sites for hydroxylation is 2. The maximum Gasteiger partial charge on any atom is 0.250 e. The number of amides is 1. The number of carbonyl (C=O) groups excluding carboxylic acids is 1. The van der Waals surface area contributed by atoms with E-state index < -0.39 is 0 Å². The Morgan fingerprint density at radius 2 is 2.19 bits per heavy atom. The van der Waals surface area contributed by atoms with Crippen LogP contribution in [0.1, 0.15) is 17.1 Å². The molecule has 8 heteroatoms. The van der Waals surface area contributed by atoms with Crippen LogP contribution in [0.25, 0.3) is 15.9 Å². The molecule has 0 aliphatic carbocycles. The van der Waals surface area contributed by atoms with E-state index in [1.54, 1.807) is 23.7 Å². The number of rotatable bonds is 5. The van der Waals surface area contributed by atoms with E-state index in [9.17, 15) is 4.79 Å². The van der Waals surface area contributed by atoms with Crippen molar-refractivity contribution in [2.75, 3.05) is 5.75 Å². The minimum atomic E-state index is -0.162. The molecular formula is C19H17N5OS2. The molecule has 1 amide bonds. The topological polar surface area (TPSA) is 71.7 Å². The molecule has 0 saturated heterocycles. The number of fused-ring (bicyclic) bond motifs is 2. The van der Waals surface area contributed by atoms with Gasteiger partial charge in [-0.05, 0) is 26.0 Å². The van der Waals surface area contributed by atoms with E-state index >= 15 is 0 Å². The molecule has 0 aliphatic heterocycles. The third kappa shape index (κ3) is 3.58. The summed E-state index contributed by atoms with van der Waals surface area (Å²) in [5.41, 5.74) is 6.37. The predicted molar refractivity (Wildman–Crippen MR) is 111 cm³/mol. The second kappa shape index (κ2) is 7.50. The highest BCUT2D eigenvalue weighted by Crippen LogP contribution is 2.25. The van der Waals surface area contributed by atoms with Crippen molar-refractivity contribution in [3.63, 3.8) is 0 Å². The van der Waals surface area contributed by atoms with Gasteiger partial charge < -0.3 is 0 Å². The first-order valence-electron chi connectivity index (χ1n) is 8.35. The molecule has 4 aromatic rings. The second-order valence-electron chi connectivity index (χ2n) is 5.99. The molecule has 0 radical (unpaired) electrons. The Hall–Kier alpha value is -2.71. The van der Waals surface area contributed by atoms with Crippen molar-refractivity contribution in [3.05, 3.63) is 59.0 Å². The summed E-state index contributed by atoms with van der Waals surface area (Å²) in [7, 11) is 0. The number of benzene rings is 1. The Morgan fingerprint density at radius 1 is 1.33 bits per heavy atom. The zero-order valence-electron chi connectivity index (χ0n) is 14.8. The van der Waals surface area contributed by atoms with Crippen LogP contribution in [-0.4, -0.2) is 32.2 Å². The summed E-state index contributed by atoms with van der Waals surface area (Å²) in [6.45, 7) is 3.96. The minimum Gasteiger partial charge on any atom is -0.286 e. The molecule has 0 fully saturated rings. The van der Waals surface area contributed by atoms with Crippen LogP contribution in [0.15, 0.2) is 51.9 Å². The van der Waals surface area contributed by atoms with Crippen LogP contribution in [0.5, 0.6) is 0 Å². The van der Waals surface area contributed by atoms with E-state index in [1.165, 1.54) is 11.8 Å². The van der Waals surface area contributed by atoms with Crippen LogP contribution >= 0.6 is 23.1 Å². The zero-order chi connectivity index (χ0) is 18.8. The summed E-state index contributed by atoms with van der Waals surface area (Å²) in [6, 6.07) is 9.87. The molecule has 0 spiro atoms. The van der Waals surface area contributed by atoms with Gasteiger partial charge in [0.05, 0.1) is 28.9 Å². The third-order valence-corrected chi connectivity index (χ3v) is 6.07. The Morgan fingerprint density at radius 3 is 3.07 bits per heavy atom. The molecule has 3 heterocycles. The first kappa shape index (κ1) is 17.7. The van der Waals surface area contributed by atoms with Crippen molar-refractivity contribution in [3.8, 4) is 0 Å². The van der Waals surface area contributed by atoms with E-state index in [4.69, 9.17) is 0 Å². The molecule has 3 aromatic heterocycles. The van der Waals surface area contributed by atoms with Crippen LogP contribution in [0.2, 0.25) is 0 Å². The molecule has 1 aromatic carbocycles. The number of pyridine rings is 1. The summed E-state index contributed by atoms with van der Waals surface area (Å²) in [4.78, 5) is 23.0. The molecule has 4 rings (SSSR count). The molecule has 0 atom stereocenters. The van der Waals surface area contributed by atoms with Gasteiger partial charge in [0.2, 0.25) is 5.91 Å². The van der Waals surface area contributed by atoms with Crippen molar-refractivity contribution in [2.24, 2.45) is 5.10 Å². The first-order valence-corrected chi connectivity index (χ1v) is 10.2. The molecule has 0 aliphatic rings. The van der Waals surface area contributed by atoms with Crippen molar-refractivity contribution in [1.29, 1.82) is 0 Å². The first-order chi connectivity index (χ1) is 13.1. The highest BCUT2D eigenvalue weighted by molar-refractivity contribution is 8.00. The normalized spacial score (nSPS) is 11.6. The number of thiazole rings is 1. The number of carbonyl (C=O) groups is 1. The third-order valence-electron chi connectivity index (χ3n) is 4.08. The largest absolute Gasteiger partial charge is 0.286 e. The van der Waals surface area contributed by atoms with E-state index in [1.807, 2.05) is 54.0 Å². The van der Waals surface area contributed by atoms with E-state index in [2.05, 4.69) is 20.5 Å². The molecule has 27 heavy (non-hydrogen) atoms. The summed E-state index contributed by atoms with van der Waals surface area (Å²) in [5, 5.41) is 7.22. The molecular weight excluding hydrogens is 378 g/mol. The lowest BCUT2D eigenvalue weighted by Crippen LogP contribution is -2.19. The van der Waals surface area contributed by atoms with Crippen molar-refractivity contribution >= 4 is 51.1 Å². The van der Waals surface area contributed by atoms with Gasteiger partial charge in [-0.1, -0.05) is 18.2 Å². The average Bonchev–Trinajstić information content (AvgIpc) is 3.19. The second-order valence-corrected chi connectivity index (χ2v) is 7.84. The Kier molecular flexibility index (Phi) is 4.91. The lowest BCUT2D eigenvalue weighted by Gasteiger charge is -2.04. The van der Waals surface area contributed by atoms with Crippen LogP contribution in [0.3, 0.4) is 0 Å². The van der Waals surface area contributed by atoms with Gasteiger partial charge in [0.1, 0.15) is 0 Å². The fraction of sp³-hybridized carbons (Fsp3) is 0.158. The zero-order valence-corrected chi connectivity index (χ0v) is 16.5. The molecule has 0 saturated carbocycles. The Balaban J connectivity index is 1.41. The van der Waals surface area contributed by atoms with Gasteiger partial charge in [0, 0.05) is 27.6 Å². The molecule has 1 N–H and O–H groups in total. The smallest absolute Gasteiger partial charge is 0.250 e. The van der Waals surface area contributed by atoms with Crippen molar-refractivity contribution in [1.82, 2.24) is 19.8 Å². The van der Waals surface area contributed by atoms with Gasteiger partial charge in [-0.15, -0.1) is 23.1 Å². The van der Waals surface area contributed by atoms with Crippen LogP contribution < -0.4 is 5.43 Å². The summed E-state index contributed by atoms with van der Waals surface area (Å²) < 4.78 is 2.03. The molecule has 136 valence electrons. The molecule has 0 bridgehead atoms. The quantitative estimate of drug-likeness (QED) is 0.317. The van der Waals surface area contributed by atoms with Gasteiger partial charge in [-0.3, -0.25) is 14.2 Å². The predicted octanol–water partition coefficient (Wildman–Crippen LogP) is 3.80. The minimum absolute atomic E-state index is 0.162. The average molecular weight is 396 g/mol. The summed E-state index contributed by atoms with van der Waals surface area (Å²) >= 11 is 3.04. The molecule has 0 unspecified atom stereocenters. The van der Waals surface area contributed by atoms with Gasteiger partial charge in [0.15, 0.2) is 4.96 Å². The van der Waals surface area contributed by atoms with E-state index in [-0.39, 0.29) is 11.7 Å². The number of hydrogen-bond acceptors (Lipinski definition) is 6. The van der Waals surface area contributed by atoms with Crippen LogP contribution in [-0.2, 0) is 4.79 Å². The maximum absolute atomic E-state index is 12.2. The van der Waals surface area contributed by atoms with Gasteiger partial charge in [-0.2, -0.15) is 5.10 Å². The van der Waals surface area contributed by atoms with Crippen LogP contribution in [0, 0.1) is 13.8 Å². The number of nitrogens with zero attached hydrogens (tertiary/aromatic N) is 4. The number of nitrogens with one attached hydrogen (secondary N) is 1. The Bertz CT molecular complexity index is 1160. The van der Waals surface area contributed by atoms with E-state index in [0.717, 1.165) is 37.8 Å². The number of aromatic nitrogens is 3. The van der Waals surface area contributed by atoms with Crippen molar-refractivity contribution < 1.29 is 4.79 Å². The fourth-order valence-corrected chi connectivity index (χ4v) is 4.56. The van der Waals surface area contributed by atoms with Gasteiger partial charge in [0.25, 0.3) is 0 Å².